The molecule has 7 nitrogen and oxygen atoms in total. The molecule has 33 heavy (non-hydrogen) atoms. The summed E-state index contributed by atoms with van der Waals surface area (Å²) in [5.74, 6) is 0.0565. The number of nitrogens with zero attached hydrogens (tertiary/aromatic N) is 3. The molecule has 0 saturated heterocycles. The predicted octanol–water partition coefficient (Wildman–Crippen LogP) is 4.13. The number of rotatable bonds is 8. The lowest BCUT2D eigenvalue weighted by Crippen LogP contribution is -2.35. The van der Waals surface area contributed by atoms with Gasteiger partial charge in [0.15, 0.2) is 0 Å². The Hall–Kier alpha value is -4.13. The van der Waals surface area contributed by atoms with Crippen LogP contribution in [-0.4, -0.2) is 45.1 Å². The Bertz CT molecular complexity index is 1300. The number of benzene rings is 3. The van der Waals surface area contributed by atoms with Crippen molar-refractivity contribution in [2.45, 2.75) is 20.0 Å². The van der Waals surface area contributed by atoms with Crippen LogP contribution in [0.4, 0.5) is 0 Å². The van der Waals surface area contributed by atoms with E-state index >= 15 is 0 Å². The molecule has 4 rings (SSSR count). The number of aliphatic carboxylic acids is 1. The number of methoxy groups -OCH3 is 1. The fourth-order valence-electron chi connectivity index (χ4n) is 3.89. The van der Waals surface area contributed by atoms with E-state index in [1.54, 1.807) is 31.4 Å². The highest BCUT2D eigenvalue weighted by molar-refractivity contribution is 5.98. The molecule has 1 aromatic heterocycles. The summed E-state index contributed by atoms with van der Waals surface area (Å²) in [6.45, 7) is 2.36. The molecule has 0 aliphatic carbocycles. The lowest BCUT2D eigenvalue weighted by atomic mass is 10.1. The standard InChI is InChI=1S/C26H25N3O4/c1-18-27-23-14-21(11-12-24(23)29(18)16-19-7-4-3-5-8-19)26(32)28(17-25(30)31)15-20-9-6-10-22(13-20)33-2/h3-14H,15-17H2,1-2H3,(H,30,31). The van der Waals surface area contributed by atoms with Gasteiger partial charge in [-0.15, -0.1) is 0 Å². The molecule has 7 heteroatoms. The largest absolute Gasteiger partial charge is 0.497 e. The summed E-state index contributed by atoms with van der Waals surface area (Å²) in [7, 11) is 1.56. The maximum Gasteiger partial charge on any atom is 0.323 e. The number of carbonyl (C=O) groups is 2. The summed E-state index contributed by atoms with van der Waals surface area (Å²) in [5.41, 5.74) is 3.96. The number of amides is 1. The number of carbonyl (C=O) groups excluding carboxylic acids is 1. The molecule has 0 spiro atoms. The van der Waals surface area contributed by atoms with Gasteiger partial charge in [-0.3, -0.25) is 9.59 Å². The maximum absolute atomic E-state index is 13.3. The smallest absolute Gasteiger partial charge is 0.323 e. The van der Waals surface area contributed by atoms with Crippen molar-refractivity contribution in [1.82, 2.24) is 14.5 Å². The molecule has 0 aliphatic heterocycles. The van der Waals surface area contributed by atoms with E-state index in [4.69, 9.17) is 4.74 Å². The van der Waals surface area contributed by atoms with Gasteiger partial charge in [0.25, 0.3) is 5.91 Å². The molecule has 0 unspecified atom stereocenters. The summed E-state index contributed by atoms with van der Waals surface area (Å²) >= 11 is 0. The van der Waals surface area contributed by atoms with Crippen molar-refractivity contribution < 1.29 is 19.4 Å². The second kappa shape index (κ2) is 9.56. The monoisotopic (exact) mass is 443 g/mol. The third-order valence-corrected chi connectivity index (χ3v) is 5.49. The van der Waals surface area contributed by atoms with Crippen LogP contribution in [0.1, 0.15) is 27.3 Å². The molecule has 0 radical (unpaired) electrons. The molecule has 0 bridgehead atoms. The molecule has 0 atom stereocenters. The summed E-state index contributed by atoms with van der Waals surface area (Å²) in [4.78, 5) is 30.7. The second-order valence-corrected chi connectivity index (χ2v) is 7.84. The van der Waals surface area contributed by atoms with Crippen molar-refractivity contribution in [3.8, 4) is 5.75 Å². The Labute approximate surface area is 191 Å². The Kier molecular flexibility index (Phi) is 6.40. The van der Waals surface area contributed by atoms with Crippen LogP contribution >= 0.6 is 0 Å². The van der Waals surface area contributed by atoms with Gasteiger partial charge in [-0.2, -0.15) is 0 Å². The fourth-order valence-corrected chi connectivity index (χ4v) is 3.89. The molecule has 0 aliphatic rings. The molecule has 1 heterocycles. The summed E-state index contributed by atoms with van der Waals surface area (Å²) in [5, 5.41) is 9.38. The Morgan fingerprint density at radius 2 is 1.76 bits per heavy atom. The van der Waals surface area contributed by atoms with E-state index in [-0.39, 0.29) is 12.5 Å². The number of hydrogen-bond acceptors (Lipinski definition) is 4. The van der Waals surface area contributed by atoms with Crippen LogP contribution in [0.25, 0.3) is 11.0 Å². The molecule has 0 saturated carbocycles. The number of aromatic nitrogens is 2. The van der Waals surface area contributed by atoms with E-state index in [1.165, 1.54) is 4.90 Å². The van der Waals surface area contributed by atoms with Gasteiger partial charge in [0, 0.05) is 18.7 Å². The maximum atomic E-state index is 13.3. The summed E-state index contributed by atoms with van der Waals surface area (Å²) in [6, 6.07) is 22.7. The van der Waals surface area contributed by atoms with Crippen LogP contribution in [0, 0.1) is 6.92 Å². The first kappa shape index (κ1) is 22.1. The zero-order valence-corrected chi connectivity index (χ0v) is 18.6. The Morgan fingerprint density at radius 1 is 1.00 bits per heavy atom. The van der Waals surface area contributed by atoms with E-state index in [0.29, 0.717) is 23.4 Å². The van der Waals surface area contributed by atoms with Gasteiger partial charge >= 0.3 is 5.97 Å². The van der Waals surface area contributed by atoms with Crippen LogP contribution in [-0.2, 0) is 17.9 Å². The minimum Gasteiger partial charge on any atom is -0.497 e. The van der Waals surface area contributed by atoms with Crippen molar-refractivity contribution in [1.29, 1.82) is 0 Å². The van der Waals surface area contributed by atoms with E-state index in [1.807, 2.05) is 43.3 Å². The first-order chi connectivity index (χ1) is 15.9. The van der Waals surface area contributed by atoms with Gasteiger partial charge in [0.05, 0.1) is 18.1 Å². The molecule has 0 fully saturated rings. The SMILES string of the molecule is COc1cccc(CN(CC(=O)O)C(=O)c2ccc3c(c2)nc(C)n3Cc2ccccc2)c1. The zero-order chi connectivity index (χ0) is 23.4. The van der Waals surface area contributed by atoms with Crippen molar-refractivity contribution in [3.05, 3.63) is 95.3 Å². The van der Waals surface area contributed by atoms with Gasteiger partial charge in [-0.1, -0.05) is 42.5 Å². The normalized spacial score (nSPS) is 10.8. The van der Waals surface area contributed by atoms with Crippen molar-refractivity contribution in [2.24, 2.45) is 0 Å². The molecular formula is C26H25N3O4. The highest BCUT2D eigenvalue weighted by atomic mass is 16.5. The molecule has 4 aromatic rings. The van der Waals surface area contributed by atoms with Gasteiger partial charge in [-0.05, 0) is 48.4 Å². The number of hydrogen-bond donors (Lipinski definition) is 1. The van der Waals surface area contributed by atoms with Gasteiger partial charge < -0.3 is 19.3 Å². The van der Waals surface area contributed by atoms with Crippen molar-refractivity contribution >= 4 is 22.9 Å². The van der Waals surface area contributed by atoms with Gasteiger partial charge in [0.2, 0.25) is 0 Å². The van der Waals surface area contributed by atoms with Crippen LogP contribution < -0.4 is 4.74 Å². The molecule has 168 valence electrons. The highest BCUT2D eigenvalue weighted by Crippen LogP contribution is 2.21. The van der Waals surface area contributed by atoms with E-state index in [2.05, 4.69) is 21.7 Å². The number of carboxylic acid groups (broad SMARTS) is 1. The number of carboxylic acids is 1. The quantitative estimate of drug-likeness (QED) is 0.443. The van der Waals surface area contributed by atoms with Gasteiger partial charge in [-0.25, -0.2) is 4.98 Å². The summed E-state index contributed by atoms with van der Waals surface area (Å²) < 4.78 is 7.34. The Balaban J connectivity index is 1.62. The average molecular weight is 444 g/mol. The predicted molar refractivity (Wildman–Crippen MR) is 125 cm³/mol. The third kappa shape index (κ3) is 5.03. The van der Waals surface area contributed by atoms with E-state index in [9.17, 15) is 14.7 Å². The number of fused-ring (bicyclic) bond motifs is 1. The van der Waals surface area contributed by atoms with Gasteiger partial charge in [0.1, 0.15) is 18.1 Å². The van der Waals surface area contributed by atoms with Crippen LogP contribution in [0.5, 0.6) is 5.75 Å². The van der Waals surface area contributed by atoms with E-state index < -0.39 is 12.5 Å². The number of ether oxygens (including phenoxy) is 1. The molecule has 1 amide bonds. The lowest BCUT2D eigenvalue weighted by Gasteiger charge is -2.21. The minimum atomic E-state index is -1.07. The first-order valence-corrected chi connectivity index (χ1v) is 10.6. The average Bonchev–Trinajstić information content (AvgIpc) is 3.12. The fraction of sp³-hybridized carbons (Fsp3) is 0.192. The zero-order valence-electron chi connectivity index (χ0n) is 18.6. The Morgan fingerprint density at radius 3 is 2.48 bits per heavy atom. The topological polar surface area (TPSA) is 84.7 Å². The molecule has 1 N–H and O–H groups in total. The lowest BCUT2D eigenvalue weighted by molar-refractivity contribution is -0.137. The van der Waals surface area contributed by atoms with Crippen LogP contribution in [0.15, 0.2) is 72.8 Å². The van der Waals surface area contributed by atoms with Crippen molar-refractivity contribution in [2.75, 3.05) is 13.7 Å². The van der Waals surface area contributed by atoms with Crippen molar-refractivity contribution in [3.63, 3.8) is 0 Å². The highest BCUT2D eigenvalue weighted by Gasteiger charge is 2.20. The second-order valence-electron chi connectivity index (χ2n) is 7.84. The first-order valence-electron chi connectivity index (χ1n) is 10.6. The third-order valence-electron chi connectivity index (χ3n) is 5.49. The van der Waals surface area contributed by atoms with E-state index in [0.717, 1.165) is 22.5 Å². The number of aryl methyl sites for hydroxylation is 1. The van der Waals surface area contributed by atoms with Crippen LogP contribution in [0.2, 0.25) is 0 Å². The summed E-state index contributed by atoms with van der Waals surface area (Å²) in [6.07, 6.45) is 0. The van der Waals surface area contributed by atoms with Crippen LogP contribution in [0.3, 0.4) is 0 Å². The minimum absolute atomic E-state index is 0.155. The molecule has 3 aromatic carbocycles. The number of imidazole rings is 1. The molecular weight excluding hydrogens is 418 g/mol.